The first-order valence-corrected chi connectivity index (χ1v) is 11.0. The maximum Gasteiger partial charge on any atom is 0.206 e. The van der Waals surface area contributed by atoms with E-state index in [0.717, 1.165) is 16.9 Å². The van der Waals surface area contributed by atoms with Crippen molar-refractivity contribution in [2.24, 2.45) is 0 Å². The Labute approximate surface area is 178 Å². The molecule has 0 fully saturated rings. The van der Waals surface area contributed by atoms with Crippen LogP contribution >= 0.6 is 0 Å². The van der Waals surface area contributed by atoms with E-state index in [1.807, 2.05) is 48.5 Å². The Morgan fingerprint density at radius 3 is 1.63 bits per heavy atom. The Bertz CT molecular complexity index is 1140. The number of rotatable bonds is 7. The third-order valence-corrected chi connectivity index (χ3v) is 6.46. The van der Waals surface area contributed by atoms with Crippen molar-refractivity contribution in [2.45, 2.75) is 18.7 Å². The molecule has 0 radical (unpaired) electrons. The lowest BCUT2D eigenvalue weighted by atomic mass is 10.1. The highest BCUT2D eigenvalue weighted by atomic mass is 32.2. The molecule has 0 aliphatic carbocycles. The summed E-state index contributed by atoms with van der Waals surface area (Å²) in [7, 11) is -1.89. The predicted octanol–water partition coefficient (Wildman–Crippen LogP) is 6.41. The topological polar surface area (TPSA) is 52.6 Å². The minimum atomic E-state index is -3.53. The summed E-state index contributed by atoms with van der Waals surface area (Å²) in [6, 6.07) is 22.0. The summed E-state index contributed by atoms with van der Waals surface area (Å²) >= 11 is 0. The Balaban J connectivity index is 1.74. The zero-order valence-electron chi connectivity index (χ0n) is 17.2. The summed E-state index contributed by atoms with van der Waals surface area (Å²) in [4.78, 5) is 0.503. The highest BCUT2D eigenvalue weighted by Crippen LogP contribution is 2.28. The number of hydrogen-bond acceptors (Lipinski definition) is 4. The van der Waals surface area contributed by atoms with Crippen LogP contribution in [-0.4, -0.2) is 15.5 Å². The van der Waals surface area contributed by atoms with E-state index in [0.29, 0.717) is 11.5 Å². The molecule has 3 aromatic rings. The molecule has 0 spiro atoms. The van der Waals surface area contributed by atoms with Gasteiger partial charge in [-0.25, -0.2) is 8.42 Å². The van der Waals surface area contributed by atoms with E-state index in [4.69, 9.17) is 9.47 Å². The molecular weight excluding hydrogens is 396 g/mol. The molecule has 5 heteroatoms. The second kappa shape index (κ2) is 9.46. The van der Waals surface area contributed by atoms with Crippen molar-refractivity contribution in [1.29, 1.82) is 0 Å². The molecule has 0 unspecified atom stereocenters. The van der Waals surface area contributed by atoms with Gasteiger partial charge in [-0.05, 0) is 79.6 Å². The zero-order valence-corrected chi connectivity index (χ0v) is 18.0. The molecule has 0 saturated heterocycles. The summed E-state index contributed by atoms with van der Waals surface area (Å²) in [5.74, 6) is 2.06. The van der Waals surface area contributed by atoms with Gasteiger partial charge >= 0.3 is 0 Å². The van der Waals surface area contributed by atoms with Gasteiger partial charge in [0.25, 0.3) is 0 Å². The van der Waals surface area contributed by atoms with E-state index >= 15 is 0 Å². The molecule has 0 amide bonds. The number of methoxy groups -OCH3 is 1. The van der Waals surface area contributed by atoms with Crippen molar-refractivity contribution in [3.05, 3.63) is 95.9 Å². The van der Waals surface area contributed by atoms with Crippen molar-refractivity contribution >= 4 is 9.84 Å². The first-order valence-electron chi connectivity index (χ1n) is 9.54. The third-order valence-electron chi connectivity index (χ3n) is 4.57. The van der Waals surface area contributed by atoms with Crippen LogP contribution in [0.15, 0.2) is 101 Å². The van der Waals surface area contributed by atoms with E-state index in [1.165, 1.54) is 0 Å². The molecule has 0 heterocycles. The molecule has 3 rings (SSSR count). The summed E-state index contributed by atoms with van der Waals surface area (Å²) in [6.07, 6.45) is 4.88. The van der Waals surface area contributed by atoms with Gasteiger partial charge in [-0.1, -0.05) is 36.4 Å². The fraction of sp³-hybridized carbons (Fsp3) is 0.120. The van der Waals surface area contributed by atoms with Gasteiger partial charge in [0.05, 0.1) is 16.9 Å². The van der Waals surface area contributed by atoms with E-state index < -0.39 is 9.84 Å². The molecule has 3 aromatic carbocycles. The van der Waals surface area contributed by atoms with Crippen molar-refractivity contribution in [2.75, 3.05) is 7.11 Å². The van der Waals surface area contributed by atoms with Crippen molar-refractivity contribution < 1.29 is 17.9 Å². The van der Waals surface area contributed by atoms with Gasteiger partial charge in [-0.15, -0.1) is 0 Å². The lowest BCUT2D eigenvalue weighted by Crippen LogP contribution is -2.03. The molecule has 0 aromatic heterocycles. The fourth-order valence-corrected chi connectivity index (χ4v) is 4.36. The average molecular weight is 421 g/mol. The second-order valence-electron chi connectivity index (χ2n) is 6.52. The number of allylic oxidation sites excluding steroid dienone is 3. The van der Waals surface area contributed by atoms with Gasteiger partial charge in [0, 0.05) is 0 Å². The molecule has 154 valence electrons. The van der Waals surface area contributed by atoms with E-state index in [2.05, 4.69) is 0 Å². The summed E-state index contributed by atoms with van der Waals surface area (Å²) in [6.45, 7) is 3.50. The van der Waals surface area contributed by atoms with Crippen LogP contribution in [-0.2, 0) is 9.84 Å². The molecule has 30 heavy (non-hydrogen) atoms. The van der Waals surface area contributed by atoms with Gasteiger partial charge < -0.3 is 9.47 Å². The fourth-order valence-electron chi connectivity index (χ4n) is 2.96. The van der Waals surface area contributed by atoms with Gasteiger partial charge in [0.2, 0.25) is 9.84 Å². The normalized spacial score (nSPS) is 12.2. The molecule has 0 bridgehead atoms. The van der Waals surface area contributed by atoms with Crippen LogP contribution < -0.4 is 9.47 Å². The molecule has 0 saturated carbocycles. The SMILES string of the molecule is C/C=C\C(=C/C)S(=O)(=O)c1ccc(Oc2ccc(-c3ccc(OC)cc3)cc2)cc1. The van der Waals surface area contributed by atoms with Crippen LogP contribution in [0.2, 0.25) is 0 Å². The number of hydrogen-bond donors (Lipinski definition) is 0. The quantitative estimate of drug-likeness (QED) is 0.415. The largest absolute Gasteiger partial charge is 0.497 e. The minimum Gasteiger partial charge on any atom is -0.497 e. The van der Waals surface area contributed by atoms with Gasteiger partial charge in [0.15, 0.2) is 0 Å². The van der Waals surface area contributed by atoms with E-state index in [9.17, 15) is 8.42 Å². The Morgan fingerprint density at radius 2 is 1.20 bits per heavy atom. The van der Waals surface area contributed by atoms with Gasteiger partial charge in [-0.2, -0.15) is 0 Å². The van der Waals surface area contributed by atoms with Gasteiger partial charge in [-0.3, -0.25) is 0 Å². The monoisotopic (exact) mass is 420 g/mol. The third kappa shape index (κ3) is 4.81. The van der Waals surface area contributed by atoms with Crippen LogP contribution in [0.1, 0.15) is 13.8 Å². The first-order chi connectivity index (χ1) is 14.5. The molecule has 0 aliphatic rings. The maximum atomic E-state index is 12.7. The Kier molecular flexibility index (Phi) is 6.75. The molecule has 0 atom stereocenters. The van der Waals surface area contributed by atoms with Crippen LogP contribution in [0, 0.1) is 0 Å². The molecule has 0 aliphatic heterocycles. The van der Waals surface area contributed by atoms with E-state index in [-0.39, 0.29) is 9.80 Å². The second-order valence-corrected chi connectivity index (χ2v) is 8.47. The van der Waals surface area contributed by atoms with Gasteiger partial charge in [0.1, 0.15) is 17.2 Å². The smallest absolute Gasteiger partial charge is 0.206 e. The molecule has 4 nitrogen and oxygen atoms in total. The van der Waals surface area contributed by atoms with Crippen LogP contribution in [0.3, 0.4) is 0 Å². The van der Waals surface area contributed by atoms with Crippen LogP contribution in [0.4, 0.5) is 0 Å². The highest BCUT2D eigenvalue weighted by molar-refractivity contribution is 7.95. The number of ether oxygens (including phenoxy) is 2. The molecule has 0 N–H and O–H groups in total. The van der Waals surface area contributed by atoms with Crippen molar-refractivity contribution in [3.8, 4) is 28.4 Å². The Morgan fingerprint density at radius 1 is 0.733 bits per heavy atom. The lowest BCUT2D eigenvalue weighted by Gasteiger charge is -2.09. The summed E-state index contributed by atoms with van der Waals surface area (Å²) < 4.78 is 36.4. The first kappa shape index (κ1) is 21.4. The minimum absolute atomic E-state index is 0.232. The predicted molar refractivity (Wildman–Crippen MR) is 121 cm³/mol. The number of benzene rings is 3. The average Bonchev–Trinajstić information content (AvgIpc) is 2.78. The van der Waals surface area contributed by atoms with Crippen LogP contribution in [0.25, 0.3) is 11.1 Å². The highest BCUT2D eigenvalue weighted by Gasteiger charge is 2.17. The summed E-state index contributed by atoms with van der Waals surface area (Å²) in [5, 5.41) is 0. The zero-order chi connectivity index (χ0) is 21.6. The standard InChI is InChI=1S/C25H24O4S/c1-4-6-24(5-2)30(26,27)25-17-15-23(16-18-25)29-22-13-9-20(10-14-22)19-7-11-21(28-3)12-8-19/h4-18H,1-3H3/b6-4-,24-5+. The number of sulfone groups is 1. The lowest BCUT2D eigenvalue weighted by molar-refractivity contribution is 0.415. The maximum absolute atomic E-state index is 12.7. The Hall–Kier alpha value is -3.31. The van der Waals surface area contributed by atoms with Crippen LogP contribution in [0.5, 0.6) is 17.2 Å². The van der Waals surface area contributed by atoms with Crippen molar-refractivity contribution in [3.63, 3.8) is 0 Å². The molecular formula is C25H24O4S. The van der Waals surface area contributed by atoms with E-state index in [1.54, 1.807) is 63.5 Å². The van der Waals surface area contributed by atoms with Crippen molar-refractivity contribution in [1.82, 2.24) is 0 Å². The summed E-state index contributed by atoms with van der Waals surface area (Å²) in [5.41, 5.74) is 2.15.